The van der Waals surface area contributed by atoms with Crippen molar-refractivity contribution >= 4 is 33.6 Å². The van der Waals surface area contributed by atoms with Crippen LogP contribution in [0.5, 0.6) is 0 Å². The second-order valence-electron chi connectivity index (χ2n) is 6.72. The molecule has 1 atom stereocenters. The molecule has 3 aromatic rings. The number of carbonyl (C=O) groups excluding carboxylic acids is 2. The van der Waals surface area contributed by atoms with Crippen molar-refractivity contribution in [3.63, 3.8) is 0 Å². The largest absolute Gasteiger partial charge is 0.344 e. The lowest BCUT2D eigenvalue weighted by atomic mass is 10.1. The van der Waals surface area contributed by atoms with Crippen LogP contribution in [0.4, 0.5) is 14.6 Å². The highest BCUT2D eigenvalue weighted by Gasteiger charge is 2.22. The van der Waals surface area contributed by atoms with Crippen molar-refractivity contribution in [2.45, 2.75) is 18.9 Å². The number of nitrogens with zero attached hydrogens (tertiary/aromatic N) is 1. The zero-order valence-corrected chi connectivity index (χ0v) is 17.9. The van der Waals surface area contributed by atoms with Gasteiger partial charge in [0.05, 0.1) is 16.6 Å². The normalized spacial score (nSPS) is 11.6. The molecular weight excluding hydrogens is 470 g/mol. The molecule has 3 N–H and O–H groups in total. The van der Waals surface area contributed by atoms with Crippen LogP contribution in [0.2, 0.25) is 0 Å². The number of hydrogen-bond acceptors (Lipinski definition) is 3. The second-order valence-corrected chi connectivity index (χ2v) is 7.51. The summed E-state index contributed by atoms with van der Waals surface area (Å²) in [5.74, 6) is -2.36. The van der Waals surface area contributed by atoms with E-state index in [0.717, 1.165) is 23.8 Å². The number of carbonyl (C=O) groups is 2. The molecule has 0 fully saturated rings. The van der Waals surface area contributed by atoms with E-state index in [1.54, 1.807) is 0 Å². The highest BCUT2D eigenvalue weighted by molar-refractivity contribution is 9.10. The number of amides is 2. The molecule has 2 amide bonds. The summed E-state index contributed by atoms with van der Waals surface area (Å²) < 4.78 is 27.2. The number of H-pyrrole nitrogens is 1. The Bertz CT molecular complexity index is 1080. The van der Waals surface area contributed by atoms with Gasteiger partial charge in [-0.2, -0.15) is 5.10 Å². The highest BCUT2D eigenvalue weighted by Crippen LogP contribution is 2.31. The third kappa shape index (κ3) is 5.85. The first-order valence-corrected chi connectivity index (χ1v) is 10.1. The Labute approximate surface area is 185 Å². The minimum Gasteiger partial charge on any atom is -0.344 e. The van der Waals surface area contributed by atoms with Crippen LogP contribution in [0.1, 0.15) is 12.0 Å². The maximum Gasteiger partial charge on any atom is 0.248 e. The van der Waals surface area contributed by atoms with E-state index in [1.165, 1.54) is 6.08 Å². The lowest BCUT2D eigenvalue weighted by molar-refractivity contribution is -0.126. The summed E-state index contributed by atoms with van der Waals surface area (Å²) in [6.07, 6.45) is 1.36. The Kier molecular flexibility index (Phi) is 7.30. The molecule has 0 bridgehead atoms. The van der Waals surface area contributed by atoms with Crippen LogP contribution < -0.4 is 10.6 Å². The van der Waals surface area contributed by atoms with Crippen molar-refractivity contribution in [2.75, 3.05) is 5.32 Å². The predicted molar refractivity (Wildman–Crippen MR) is 117 cm³/mol. The summed E-state index contributed by atoms with van der Waals surface area (Å²) in [5.41, 5.74) is 1.73. The van der Waals surface area contributed by atoms with Gasteiger partial charge < -0.3 is 10.6 Å². The number of aromatic amines is 1. The van der Waals surface area contributed by atoms with E-state index in [-0.39, 0.29) is 24.2 Å². The SMILES string of the molecule is C=CCC(NC(=O)Cc1cc(F)cc(F)c1)C(=O)Nc1n[nH]c(-c2ccccc2)c1Br. The van der Waals surface area contributed by atoms with Gasteiger partial charge in [0.25, 0.3) is 0 Å². The first-order valence-electron chi connectivity index (χ1n) is 9.32. The van der Waals surface area contributed by atoms with E-state index >= 15 is 0 Å². The van der Waals surface area contributed by atoms with Crippen molar-refractivity contribution in [3.8, 4) is 11.3 Å². The summed E-state index contributed by atoms with van der Waals surface area (Å²) in [4.78, 5) is 25.1. The molecule has 0 spiro atoms. The van der Waals surface area contributed by atoms with Gasteiger partial charge in [-0.3, -0.25) is 14.7 Å². The lowest BCUT2D eigenvalue weighted by Gasteiger charge is -2.16. The molecule has 160 valence electrons. The molecule has 1 unspecified atom stereocenters. The fourth-order valence-electron chi connectivity index (χ4n) is 2.95. The Morgan fingerprint density at radius 3 is 2.48 bits per heavy atom. The summed E-state index contributed by atoms with van der Waals surface area (Å²) in [5, 5.41) is 12.2. The Morgan fingerprint density at radius 1 is 1.16 bits per heavy atom. The van der Waals surface area contributed by atoms with E-state index in [4.69, 9.17) is 0 Å². The van der Waals surface area contributed by atoms with Crippen molar-refractivity contribution in [3.05, 3.63) is 82.9 Å². The van der Waals surface area contributed by atoms with E-state index in [1.807, 2.05) is 30.3 Å². The van der Waals surface area contributed by atoms with Crippen LogP contribution in [0.3, 0.4) is 0 Å². The zero-order chi connectivity index (χ0) is 22.4. The van der Waals surface area contributed by atoms with Gasteiger partial charge in [-0.15, -0.1) is 6.58 Å². The summed E-state index contributed by atoms with van der Waals surface area (Å²) in [6.45, 7) is 3.60. The number of rotatable bonds is 8. The number of halogens is 3. The van der Waals surface area contributed by atoms with E-state index in [9.17, 15) is 18.4 Å². The lowest BCUT2D eigenvalue weighted by Crippen LogP contribution is -2.44. The average molecular weight is 489 g/mol. The highest BCUT2D eigenvalue weighted by atomic mass is 79.9. The molecule has 0 aliphatic carbocycles. The molecule has 1 aromatic heterocycles. The minimum absolute atomic E-state index is 0.155. The topological polar surface area (TPSA) is 86.9 Å². The van der Waals surface area contributed by atoms with Crippen LogP contribution in [-0.2, 0) is 16.0 Å². The fraction of sp³-hybridized carbons (Fsp3) is 0.136. The predicted octanol–water partition coefficient (Wildman–Crippen LogP) is 4.36. The number of aromatic nitrogens is 2. The Balaban J connectivity index is 1.68. The Morgan fingerprint density at radius 2 is 1.84 bits per heavy atom. The van der Waals surface area contributed by atoms with Gasteiger partial charge in [-0.1, -0.05) is 36.4 Å². The van der Waals surface area contributed by atoms with E-state index in [2.05, 4.69) is 43.3 Å². The van der Waals surface area contributed by atoms with Crippen molar-refractivity contribution in [1.82, 2.24) is 15.5 Å². The van der Waals surface area contributed by atoms with Crippen molar-refractivity contribution in [2.24, 2.45) is 0 Å². The van der Waals surface area contributed by atoms with Gasteiger partial charge in [0.15, 0.2) is 5.82 Å². The number of anilines is 1. The molecule has 0 aliphatic rings. The van der Waals surface area contributed by atoms with E-state index in [0.29, 0.717) is 10.2 Å². The molecule has 9 heteroatoms. The van der Waals surface area contributed by atoms with Crippen LogP contribution in [0.25, 0.3) is 11.3 Å². The fourth-order valence-corrected chi connectivity index (χ4v) is 3.46. The quantitative estimate of drug-likeness (QED) is 0.411. The monoisotopic (exact) mass is 488 g/mol. The molecule has 1 heterocycles. The summed E-state index contributed by atoms with van der Waals surface area (Å²) in [6, 6.07) is 11.3. The van der Waals surface area contributed by atoms with Crippen LogP contribution in [0.15, 0.2) is 65.7 Å². The van der Waals surface area contributed by atoms with Crippen LogP contribution >= 0.6 is 15.9 Å². The summed E-state index contributed by atoms with van der Waals surface area (Å²) >= 11 is 3.43. The van der Waals surface area contributed by atoms with Crippen LogP contribution in [-0.4, -0.2) is 28.1 Å². The number of hydrogen-bond donors (Lipinski definition) is 3. The van der Waals surface area contributed by atoms with Gasteiger partial charge in [0, 0.05) is 11.6 Å². The van der Waals surface area contributed by atoms with Gasteiger partial charge in [0.1, 0.15) is 17.7 Å². The maximum absolute atomic E-state index is 13.3. The Hall–Kier alpha value is -3.33. The van der Waals surface area contributed by atoms with Crippen molar-refractivity contribution in [1.29, 1.82) is 0 Å². The molecule has 0 saturated carbocycles. The molecule has 0 aliphatic heterocycles. The number of nitrogens with one attached hydrogen (secondary N) is 3. The third-order valence-electron chi connectivity index (χ3n) is 4.35. The molecule has 6 nitrogen and oxygen atoms in total. The molecule has 0 radical (unpaired) electrons. The zero-order valence-electron chi connectivity index (χ0n) is 16.3. The van der Waals surface area contributed by atoms with Gasteiger partial charge in [-0.05, 0) is 40.0 Å². The molecule has 2 aromatic carbocycles. The number of benzene rings is 2. The molecule has 3 rings (SSSR count). The third-order valence-corrected chi connectivity index (χ3v) is 5.12. The maximum atomic E-state index is 13.3. The van der Waals surface area contributed by atoms with E-state index < -0.39 is 29.5 Å². The summed E-state index contributed by atoms with van der Waals surface area (Å²) in [7, 11) is 0. The first kappa shape index (κ1) is 22.4. The minimum atomic E-state index is -0.938. The first-order chi connectivity index (χ1) is 14.9. The van der Waals surface area contributed by atoms with Gasteiger partial charge >= 0.3 is 0 Å². The van der Waals surface area contributed by atoms with Crippen LogP contribution in [0, 0.1) is 11.6 Å². The molecule has 31 heavy (non-hydrogen) atoms. The average Bonchev–Trinajstić information content (AvgIpc) is 3.07. The smallest absolute Gasteiger partial charge is 0.248 e. The molecular formula is C22H19BrF2N4O2. The standard InChI is InChI=1S/C22H19BrF2N4O2/c1-2-6-17(26-18(30)11-13-9-15(24)12-16(25)10-13)22(31)27-21-19(23)20(28-29-21)14-7-4-3-5-8-14/h2-5,7-10,12,17H,1,6,11H2,(H,26,30)(H2,27,28,29,31). The second kappa shape index (κ2) is 10.1. The van der Waals surface area contributed by atoms with Crippen molar-refractivity contribution < 1.29 is 18.4 Å². The van der Waals surface area contributed by atoms with Gasteiger partial charge in [-0.25, -0.2) is 8.78 Å². The van der Waals surface area contributed by atoms with Gasteiger partial charge in [0.2, 0.25) is 11.8 Å². The molecule has 0 saturated heterocycles.